The monoisotopic (exact) mass is 260 g/mol. The number of rotatable bonds is 5. The van der Waals surface area contributed by atoms with Crippen molar-refractivity contribution in [3.05, 3.63) is 35.9 Å². The SMILES string of the molecule is NCC1(NC(=O)CCc2ccccc2)CCCCC1. The van der Waals surface area contributed by atoms with Gasteiger partial charge in [0.25, 0.3) is 0 Å². The summed E-state index contributed by atoms with van der Waals surface area (Å²) in [4.78, 5) is 12.1. The molecule has 1 amide bonds. The Kier molecular flexibility index (Phi) is 4.97. The molecular formula is C16H24N2O. The molecule has 0 aromatic heterocycles. The minimum absolute atomic E-state index is 0.133. The predicted octanol–water partition coefficient (Wildman–Crippen LogP) is 2.40. The number of benzene rings is 1. The van der Waals surface area contributed by atoms with Crippen LogP contribution < -0.4 is 11.1 Å². The van der Waals surface area contributed by atoms with Gasteiger partial charge in [-0.1, -0.05) is 49.6 Å². The fourth-order valence-corrected chi connectivity index (χ4v) is 2.87. The molecule has 1 aliphatic rings. The molecule has 0 unspecified atom stereocenters. The van der Waals surface area contributed by atoms with Crippen LogP contribution in [0.25, 0.3) is 0 Å². The van der Waals surface area contributed by atoms with Gasteiger partial charge >= 0.3 is 0 Å². The summed E-state index contributed by atoms with van der Waals surface area (Å²) in [5.74, 6) is 0.135. The van der Waals surface area contributed by atoms with Crippen LogP contribution in [-0.4, -0.2) is 18.0 Å². The summed E-state index contributed by atoms with van der Waals surface area (Å²) in [7, 11) is 0. The molecular weight excluding hydrogens is 236 g/mol. The summed E-state index contributed by atoms with van der Waals surface area (Å²) >= 11 is 0. The van der Waals surface area contributed by atoms with Crippen LogP contribution in [0.2, 0.25) is 0 Å². The van der Waals surface area contributed by atoms with E-state index < -0.39 is 0 Å². The minimum Gasteiger partial charge on any atom is -0.349 e. The first-order valence-electron chi connectivity index (χ1n) is 7.29. The first kappa shape index (κ1) is 14.1. The van der Waals surface area contributed by atoms with Gasteiger partial charge in [-0.25, -0.2) is 0 Å². The highest BCUT2D eigenvalue weighted by molar-refractivity contribution is 5.77. The Balaban J connectivity index is 1.83. The first-order chi connectivity index (χ1) is 9.24. The van der Waals surface area contributed by atoms with Gasteiger partial charge in [-0.05, 0) is 24.8 Å². The second-order valence-corrected chi connectivity index (χ2v) is 5.58. The molecule has 3 heteroatoms. The van der Waals surface area contributed by atoms with Crippen LogP contribution in [0.5, 0.6) is 0 Å². The van der Waals surface area contributed by atoms with E-state index in [1.54, 1.807) is 0 Å². The third-order valence-electron chi connectivity index (χ3n) is 4.09. The third-order valence-corrected chi connectivity index (χ3v) is 4.09. The lowest BCUT2D eigenvalue weighted by Crippen LogP contribution is -2.54. The van der Waals surface area contributed by atoms with Crippen molar-refractivity contribution in [3.8, 4) is 0 Å². The van der Waals surface area contributed by atoms with Crippen molar-refractivity contribution in [2.45, 2.75) is 50.5 Å². The summed E-state index contributed by atoms with van der Waals surface area (Å²) in [5.41, 5.74) is 6.96. The van der Waals surface area contributed by atoms with Crippen LogP contribution in [0.15, 0.2) is 30.3 Å². The minimum atomic E-state index is -0.133. The fraction of sp³-hybridized carbons (Fsp3) is 0.562. The molecule has 0 spiro atoms. The van der Waals surface area contributed by atoms with Gasteiger partial charge in [-0.15, -0.1) is 0 Å². The summed E-state index contributed by atoms with van der Waals surface area (Å²) in [6.45, 7) is 0.560. The van der Waals surface area contributed by atoms with Crippen molar-refractivity contribution in [3.63, 3.8) is 0 Å². The molecule has 0 bridgehead atoms. The summed E-state index contributed by atoms with van der Waals surface area (Å²) in [6, 6.07) is 10.1. The normalized spacial score (nSPS) is 17.9. The van der Waals surface area contributed by atoms with Gasteiger partial charge in [0, 0.05) is 13.0 Å². The lowest BCUT2D eigenvalue weighted by molar-refractivity contribution is -0.123. The van der Waals surface area contributed by atoms with Crippen molar-refractivity contribution in [1.82, 2.24) is 5.32 Å². The van der Waals surface area contributed by atoms with E-state index >= 15 is 0 Å². The molecule has 0 saturated heterocycles. The maximum atomic E-state index is 12.1. The van der Waals surface area contributed by atoms with Gasteiger partial charge in [0.1, 0.15) is 0 Å². The number of carbonyl (C=O) groups is 1. The molecule has 1 aromatic rings. The molecule has 0 aliphatic heterocycles. The second kappa shape index (κ2) is 6.71. The highest BCUT2D eigenvalue weighted by atomic mass is 16.1. The van der Waals surface area contributed by atoms with Crippen molar-refractivity contribution in [2.75, 3.05) is 6.54 Å². The predicted molar refractivity (Wildman–Crippen MR) is 77.8 cm³/mol. The Morgan fingerprint density at radius 1 is 1.16 bits per heavy atom. The zero-order valence-corrected chi connectivity index (χ0v) is 11.5. The van der Waals surface area contributed by atoms with E-state index in [2.05, 4.69) is 17.4 Å². The van der Waals surface area contributed by atoms with Crippen molar-refractivity contribution in [2.24, 2.45) is 5.73 Å². The smallest absolute Gasteiger partial charge is 0.220 e. The van der Waals surface area contributed by atoms with Gasteiger partial charge in [0.15, 0.2) is 0 Å². The molecule has 1 fully saturated rings. The number of amides is 1. The third kappa shape index (κ3) is 4.06. The Morgan fingerprint density at radius 3 is 2.47 bits per heavy atom. The van der Waals surface area contributed by atoms with E-state index in [1.807, 2.05) is 18.2 Å². The van der Waals surface area contributed by atoms with Gasteiger partial charge in [-0.3, -0.25) is 4.79 Å². The molecule has 0 radical (unpaired) electrons. The Bertz CT molecular complexity index is 396. The molecule has 104 valence electrons. The number of carbonyl (C=O) groups excluding carboxylic acids is 1. The van der Waals surface area contributed by atoms with Crippen molar-refractivity contribution < 1.29 is 4.79 Å². The maximum Gasteiger partial charge on any atom is 0.220 e. The van der Waals surface area contributed by atoms with E-state index in [0.29, 0.717) is 13.0 Å². The quantitative estimate of drug-likeness (QED) is 0.854. The highest BCUT2D eigenvalue weighted by Gasteiger charge is 2.31. The standard InChI is InChI=1S/C16H24N2O/c17-13-16(11-5-2-6-12-16)18-15(19)10-9-14-7-3-1-4-8-14/h1,3-4,7-8H,2,5-6,9-13,17H2,(H,18,19). The molecule has 2 rings (SSSR count). The van der Waals surface area contributed by atoms with Gasteiger partial charge in [0.2, 0.25) is 5.91 Å². The maximum absolute atomic E-state index is 12.1. The molecule has 19 heavy (non-hydrogen) atoms. The molecule has 3 nitrogen and oxygen atoms in total. The van der Waals surface area contributed by atoms with Crippen LogP contribution >= 0.6 is 0 Å². The van der Waals surface area contributed by atoms with Crippen LogP contribution in [0.3, 0.4) is 0 Å². The molecule has 1 aromatic carbocycles. The van der Waals surface area contributed by atoms with Crippen LogP contribution in [-0.2, 0) is 11.2 Å². The Morgan fingerprint density at radius 2 is 1.84 bits per heavy atom. The average molecular weight is 260 g/mol. The van der Waals surface area contributed by atoms with Gasteiger partial charge in [0.05, 0.1) is 5.54 Å². The number of nitrogens with two attached hydrogens (primary N) is 1. The number of hydrogen-bond acceptors (Lipinski definition) is 2. The zero-order chi connectivity index (χ0) is 13.6. The van der Waals surface area contributed by atoms with Crippen molar-refractivity contribution >= 4 is 5.91 Å². The number of aryl methyl sites for hydroxylation is 1. The highest BCUT2D eigenvalue weighted by Crippen LogP contribution is 2.27. The lowest BCUT2D eigenvalue weighted by atomic mass is 9.81. The Labute approximate surface area is 115 Å². The summed E-state index contributed by atoms with van der Waals surface area (Å²) < 4.78 is 0. The molecule has 0 atom stereocenters. The number of hydrogen-bond donors (Lipinski definition) is 2. The average Bonchev–Trinajstić information content (AvgIpc) is 2.47. The van der Waals surface area contributed by atoms with E-state index in [1.165, 1.54) is 24.8 Å². The fourth-order valence-electron chi connectivity index (χ4n) is 2.87. The zero-order valence-electron chi connectivity index (χ0n) is 11.5. The van der Waals surface area contributed by atoms with Crippen LogP contribution in [0.4, 0.5) is 0 Å². The lowest BCUT2D eigenvalue weighted by Gasteiger charge is -2.37. The van der Waals surface area contributed by atoms with E-state index in [-0.39, 0.29) is 11.4 Å². The van der Waals surface area contributed by atoms with Crippen LogP contribution in [0, 0.1) is 0 Å². The van der Waals surface area contributed by atoms with Crippen molar-refractivity contribution in [1.29, 1.82) is 0 Å². The molecule has 3 N–H and O–H groups in total. The van der Waals surface area contributed by atoms with Crippen LogP contribution in [0.1, 0.15) is 44.1 Å². The Hall–Kier alpha value is -1.35. The van der Waals surface area contributed by atoms with Gasteiger partial charge in [-0.2, -0.15) is 0 Å². The molecule has 0 heterocycles. The summed E-state index contributed by atoms with van der Waals surface area (Å²) in [5, 5.41) is 3.19. The first-order valence-corrected chi connectivity index (χ1v) is 7.29. The summed E-state index contributed by atoms with van der Waals surface area (Å²) in [6.07, 6.45) is 7.02. The molecule has 1 saturated carbocycles. The largest absolute Gasteiger partial charge is 0.349 e. The van der Waals surface area contributed by atoms with E-state index in [0.717, 1.165) is 19.3 Å². The van der Waals surface area contributed by atoms with E-state index in [4.69, 9.17) is 5.73 Å². The van der Waals surface area contributed by atoms with Gasteiger partial charge < -0.3 is 11.1 Å². The number of nitrogens with one attached hydrogen (secondary N) is 1. The molecule has 1 aliphatic carbocycles. The van der Waals surface area contributed by atoms with E-state index in [9.17, 15) is 4.79 Å². The second-order valence-electron chi connectivity index (χ2n) is 5.58. The topological polar surface area (TPSA) is 55.1 Å².